The minimum Gasteiger partial charge on any atom is -0.486 e. The summed E-state index contributed by atoms with van der Waals surface area (Å²) < 4.78 is 17.2. The molecule has 174 valence electrons. The number of para-hydroxylation sites is 1. The quantitative estimate of drug-likeness (QED) is 0.532. The number of unbranched alkanes of at least 4 members (excludes halogenated alkanes) is 1. The largest absolute Gasteiger partial charge is 0.486 e. The summed E-state index contributed by atoms with van der Waals surface area (Å²) in [5, 5.41) is 3.67. The minimum absolute atomic E-state index is 0.469. The first-order valence-corrected chi connectivity index (χ1v) is 11.6. The van der Waals surface area contributed by atoms with Gasteiger partial charge in [0.1, 0.15) is 18.8 Å². The summed E-state index contributed by atoms with van der Waals surface area (Å²) in [5.41, 5.74) is 8.31. The lowest BCUT2D eigenvalue weighted by molar-refractivity contribution is 0.171. The summed E-state index contributed by atoms with van der Waals surface area (Å²) in [6.07, 6.45) is 2.93. The number of carbonyl (C=O) groups is 1. The Morgan fingerprint density at radius 3 is 2.58 bits per heavy atom. The number of nitrogens with one attached hydrogen (secondary N) is 1. The monoisotopic (exact) mass is 450 g/mol. The molecule has 2 aliphatic heterocycles. The molecule has 3 N–H and O–H groups in total. The number of nitrogens with zero attached hydrogens (tertiary/aromatic N) is 2. The molecule has 1 fully saturated rings. The summed E-state index contributed by atoms with van der Waals surface area (Å²) in [6, 6.07) is 13.5. The van der Waals surface area contributed by atoms with Crippen molar-refractivity contribution in [2.24, 2.45) is 5.73 Å². The van der Waals surface area contributed by atoms with E-state index < -0.39 is 6.03 Å². The summed E-state index contributed by atoms with van der Waals surface area (Å²) in [5.74, 6) is 2.15. The van der Waals surface area contributed by atoms with E-state index in [-0.39, 0.29) is 0 Å². The molecule has 1 aromatic heterocycles. The molecule has 2 amide bonds. The second-order valence-electron chi connectivity index (χ2n) is 8.51. The molecule has 8 heteroatoms. The maximum Gasteiger partial charge on any atom is 0.318 e. The van der Waals surface area contributed by atoms with Crippen molar-refractivity contribution < 1.29 is 18.7 Å². The molecule has 2 aliphatic rings. The second-order valence-corrected chi connectivity index (χ2v) is 8.51. The van der Waals surface area contributed by atoms with Crippen LogP contribution in [0.2, 0.25) is 0 Å². The van der Waals surface area contributed by atoms with E-state index in [4.69, 9.17) is 19.6 Å². The lowest BCUT2D eigenvalue weighted by Crippen LogP contribution is -2.46. The van der Waals surface area contributed by atoms with Gasteiger partial charge in [-0.1, -0.05) is 18.2 Å². The molecule has 3 heterocycles. The summed E-state index contributed by atoms with van der Waals surface area (Å²) >= 11 is 0. The molecule has 0 bridgehead atoms. The number of aryl methyl sites for hydroxylation is 1. The molecule has 0 saturated carbocycles. The summed E-state index contributed by atoms with van der Waals surface area (Å²) in [6.45, 7) is 6.36. The zero-order valence-electron chi connectivity index (χ0n) is 18.7. The number of carbonyl (C=O) groups excluding carboxylic acids is 1. The summed E-state index contributed by atoms with van der Waals surface area (Å²) in [7, 11) is 0. The summed E-state index contributed by atoms with van der Waals surface area (Å²) in [4.78, 5) is 16.3. The third kappa shape index (κ3) is 4.85. The Bertz CT molecular complexity index is 1120. The standard InChI is InChI=1S/C25H30N4O4/c26-25(30)27-24-20(19-5-1-2-7-21(19)33-24)6-3-4-10-28-11-13-29(14-12-28)18-8-9-22-23(17-18)32-16-15-31-22/h1-2,5,7-9,17H,3-4,6,10-16H2,(H3,26,27,30). The Labute approximate surface area is 193 Å². The van der Waals surface area contributed by atoms with Gasteiger partial charge in [0.25, 0.3) is 0 Å². The predicted molar refractivity (Wildman–Crippen MR) is 128 cm³/mol. The third-order valence-electron chi connectivity index (χ3n) is 6.35. The average molecular weight is 451 g/mol. The van der Waals surface area contributed by atoms with E-state index in [1.54, 1.807) is 0 Å². The van der Waals surface area contributed by atoms with Crippen molar-refractivity contribution in [1.82, 2.24) is 4.90 Å². The molecule has 0 aliphatic carbocycles. The smallest absolute Gasteiger partial charge is 0.318 e. The van der Waals surface area contributed by atoms with Crippen molar-refractivity contribution in [3.8, 4) is 11.5 Å². The Balaban J connectivity index is 1.11. The topological polar surface area (TPSA) is 93.2 Å². The van der Waals surface area contributed by atoms with Crippen molar-refractivity contribution in [2.45, 2.75) is 19.3 Å². The fourth-order valence-corrected chi connectivity index (χ4v) is 4.66. The molecule has 0 atom stereocenters. The van der Waals surface area contributed by atoms with Crippen molar-refractivity contribution in [3.63, 3.8) is 0 Å². The van der Waals surface area contributed by atoms with Crippen LogP contribution in [0.3, 0.4) is 0 Å². The third-order valence-corrected chi connectivity index (χ3v) is 6.35. The maximum atomic E-state index is 11.4. The lowest BCUT2D eigenvalue weighted by Gasteiger charge is -2.36. The van der Waals surface area contributed by atoms with Crippen LogP contribution in [0.25, 0.3) is 11.0 Å². The van der Waals surface area contributed by atoms with Crippen molar-refractivity contribution in [1.29, 1.82) is 0 Å². The SMILES string of the molecule is NC(=O)Nc1oc2ccccc2c1CCCCN1CCN(c2ccc3c(c2)OCCO3)CC1. The molecular formula is C25H30N4O4. The number of piperazine rings is 1. The minimum atomic E-state index is -0.605. The van der Waals surface area contributed by atoms with E-state index >= 15 is 0 Å². The van der Waals surface area contributed by atoms with Crippen LogP contribution >= 0.6 is 0 Å². The van der Waals surface area contributed by atoms with Crippen LogP contribution in [-0.4, -0.2) is 56.9 Å². The van der Waals surface area contributed by atoms with Crippen LogP contribution in [0.15, 0.2) is 46.9 Å². The highest BCUT2D eigenvalue weighted by Gasteiger charge is 2.20. The zero-order valence-corrected chi connectivity index (χ0v) is 18.7. The molecule has 33 heavy (non-hydrogen) atoms. The van der Waals surface area contributed by atoms with Gasteiger partial charge in [0.05, 0.1) is 0 Å². The Kier molecular flexibility index (Phi) is 6.26. The highest BCUT2D eigenvalue weighted by Crippen LogP contribution is 2.34. The average Bonchev–Trinajstić information content (AvgIpc) is 3.18. The number of anilines is 2. The highest BCUT2D eigenvalue weighted by molar-refractivity contribution is 5.93. The van der Waals surface area contributed by atoms with E-state index in [0.29, 0.717) is 19.1 Å². The van der Waals surface area contributed by atoms with E-state index in [2.05, 4.69) is 27.2 Å². The zero-order chi connectivity index (χ0) is 22.6. The van der Waals surface area contributed by atoms with Crippen LogP contribution in [-0.2, 0) is 6.42 Å². The van der Waals surface area contributed by atoms with E-state index in [1.807, 2.05) is 30.3 Å². The number of amides is 2. The maximum absolute atomic E-state index is 11.4. The molecule has 8 nitrogen and oxygen atoms in total. The van der Waals surface area contributed by atoms with Gasteiger partial charge in [-0.25, -0.2) is 4.79 Å². The van der Waals surface area contributed by atoms with Gasteiger partial charge >= 0.3 is 6.03 Å². The Morgan fingerprint density at radius 1 is 0.970 bits per heavy atom. The molecule has 0 spiro atoms. The first-order chi connectivity index (χ1) is 16.2. The number of rotatable bonds is 7. The van der Waals surface area contributed by atoms with E-state index in [1.165, 1.54) is 5.69 Å². The number of primary amides is 1. The Morgan fingerprint density at radius 2 is 1.76 bits per heavy atom. The van der Waals surface area contributed by atoms with Gasteiger partial charge in [-0.15, -0.1) is 0 Å². The van der Waals surface area contributed by atoms with Gasteiger partial charge < -0.3 is 24.5 Å². The number of fused-ring (bicyclic) bond motifs is 2. The second kappa shape index (κ2) is 9.62. The molecular weight excluding hydrogens is 420 g/mol. The number of hydrogen-bond acceptors (Lipinski definition) is 6. The number of nitrogens with two attached hydrogens (primary N) is 1. The molecule has 2 aromatic carbocycles. The van der Waals surface area contributed by atoms with Gasteiger partial charge in [-0.05, 0) is 44.0 Å². The van der Waals surface area contributed by atoms with Gasteiger partial charge in [0, 0.05) is 48.9 Å². The van der Waals surface area contributed by atoms with Gasteiger partial charge in [0.15, 0.2) is 11.5 Å². The van der Waals surface area contributed by atoms with Gasteiger partial charge in [-0.2, -0.15) is 0 Å². The van der Waals surface area contributed by atoms with E-state index in [9.17, 15) is 4.79 Å². The normalized spacial score (nSPS) is 16.2. The molecule has 5 rings (SSSR count). The highest BCUT2D eigenvalue weighted by atomic mass is 16.6. The van der Waals surface area contributed by atoms with Crippen molar-refractivity contribution in [3.05, 3.63) is 48.0 Å². The lowest BCUT2D eigenvalue weighted by atomic mass is 10.1. The molecule has 0 radical (unpaired) electrons. The number of urea groups is 1. The number of hydrogen-bond donors (Lipinski definition) is 2. The fourth-order valence-electron chi connectivity index (χ4n) is 4.66. The first kappa shape index (κ1) is 21.5. The van der Waals surface area contributed by atoms with Crippen LogP contribution < -0.4 is 25.4 Å². The first-order valence-electron chi connectivity index (χ1n) is 11.6. The molecule has 3 aromatic rings. The molecule has 0 unspecified atom stereocenters. The van der Waals surface area contributed by atoms with Crippen molar-refractivity contribution in [2.75, 3.05) is 56.2 Å². The van der Waals surface area contributed by atoms with Gasteiger partial charge in [-0.3, -0.25) is 10.2 Å². The van der Waals surface area contributed by atoms with Crippen LogP contribution in [0.4, 0.5) is 16.4 Å². The molecule has 1 saturated heterocycles. The van der Waals surface area contributed by atoms with Gasteiger partial charge in [0.2, 0.25) is 5.88 Å². The fraction of sp³-hybridized carbons (Fsp3) is 0.400. The van der Waals surface area contributed by atoms with Crippen LogP contribution in [0.1, 0.15) is 18.4 Å². The van der Waals surface area contributed by atoms with E-state index in [0.717, 1.165) is 80.0 Å². The Hall–Kier alpha value is -3.39. The van der Waals surface area contributed by atoms with Crippen LogP contribution in [0.5, 0.6) is 11.5 Å². The number of furan rings is 1. The predicted octanol–water partition coefficient (Wildman–Crippen LogP) is 3.84. The van der Waals surface area contributed by atoms with Crippen LogP contribution in [0, 0.1) is 0 Å². The van der Waals surface area contributed by atoms with Crippen molar-refractivity contribution >= 4 is 28.6 Å². The number of ether oxygens (including phenoxy) is 2. The number of benzene rings is 2.